The SMILES string of the molecule is Cc1ccc(N)c(Nc2ccc(Cl)cc2)n1. The van der Waals surface area contributed by atoms with Gasteiger partial charge in [-0.3, -0.25) is 0 Å². The Morgan fingerprint density at radius 1 is 1.12 bits per heavy atom. The van der Waals surface area contributed by atoms with Crippen LogP contribution in [0.15, 0.2) is 36.4 Å². The van der Waals surface area contributed by atoms with Crippen molar-refractivity contribution in [2.45, 2.75) is 6.92 Å². The van der Waals surface area contributed by atoms with Crippen molar-refractivity contribution in [2.75, 3.05) is 11.1 Å². The second-order valence-corrected chi connectivity index (χ2v) is 3.96. The van der Waals surface area contributed by atoms with E-state index in [2.05, 4.69) is 10.3 Å². The van der Waals surface area contributed by atoms with E-state index in [1.807, 2.05) is 43.3 Å². The largest absolute Gasteiger partial charge is 0.396 e. The zero-order chi connectivity index (χ0) is 11.5. The van der Waals surface area contributed by atoms with Crippen molar-refractivity contribution in [1.82, 2.24) is 4.98 Å². The molecule has 0 saturated carbocycles. The standard InChI is InChI=1S/C12H12ClN3/c1-8-2-7-11(14)12(15-8)16-10-5-3-9(13)4-6-10/h2-7H,14H2,1H3,(H,15,16). The normalized spacial score (nSPS) is 10.1. The first-order valence-electron chi connectivity index (χ1n) is 4.91. The first-order valence-corrected chi connectivity index (χ1v) is 5.28. The number of nitrogen functional groups attached to an aromatic ring is 1. The highest BCUT2D eigenvalue weighted by Gasteiger charge is 2.01. The molecule has 82 valence electrons. The summed E-state index contributed by atoms with van der Waals surface area (Å²) >= 11 is 5.80. The highest BCUT2D eigenvalue weighted by molar-refractivity contribution is 6.30. The van der Waals surface area contributed by atoms with Gasteiger partial charge in [-0.25, -0.2) is 4.98 Å². The predicted molar refractivity (Wildman–Crippen MR) is 68.1 cm³/mol. The lowest BCUT2D eigenvalue weighted by atomic mass is 10.3. The number of halogens is 1. The Balaban J connectivity index is 2.26. The average Bonchev–Trinajstić information content (AvgIpc) is 2.27. The number of nitrogens with two attached hydrogens (primary N) is 1. The number of rotatable bonds is 2. The van der Waals surface area contributed by atoms with Gasteiger partial charge in [0.05, 0.1) is 5.69 Å². The van der Waals surface area contributed by atoms with Gasteiger partial charge in [0.25, 0.3) is 0 Å². The Bertz CT molecular complexity index is 494. The Morgan fingerprint density at radius 3 is 2.50 bits per heavy atom. The number of hydrogen-bond donors (Lipinski definition) is 2. The quantitative estimate of drug-likeness (QED) is 0.836. The Morgan fingerprint density at radius 2 is 1.81 bits per heavy atom. The van der Waals surface area contributed by atoms with E-state index in [1.165, 1.54) is 0 Å². The number of nitrogens with zero attached hydrogens (tertiary/aromatic N) is 1. The van der Waals surface area contributed by atoms with Crippen molar-refractivity contribution < 1.29 is 0 Å². The Kier molecular flexibility index (Phi) is 2.97. The fourth-order valence-corrected chi connectivity index (χ4v) is 1.46. The predicted octanol–water partition coefficient (Wildman–Crippen LogP) is 3.37. The summed E-state index contributed by atoms with van der Waals surface area (Å²) in [6.45, 7) is 1.92. The highest BCUT2D eigenvalue weighted by atomic mass is 35.5. The zero-order valence-electron chi connectivity index (χ0n) is 8.87. The molecule has 0 atom stereocenters. The number of benzene rings is 1. The van der Waals surface area contributed by atoms with Gasteiger partial charge in [-0.15, -0.1) is 0 Å². The third-order valence-electron chi connectivity index (χ3n) is 2.17. The molecule has 0 bridgehead atoms. The molecule has 1 heterocycles. The Labute approximate surface area is 99.3 Å². The number of aromatic nitrogens is 1. The first-order chi connectivity index (χ1) is 7.65. The third kappa shape index (κ3) is 2.44. The lowest BCUT2D eigenvalue weighted by Gasteiger charge is -2.08. The van der Waals surface area contributed by atoms with E-state index in [9.17, 15) is 0 Å². The van der Waals surface area contributed by atoms with Gasteiger partial charge in [-0.05, 0) is 43.3 Å². The van der Waals surface area contributed by atoms with E-state index < -0.39 is 0 Å². The summed E-state index contributed by atoms with van der Waals surface area (Å²) < 4.78 is 0. The van der Waals surface area contributed by atoms with Gasteiger partial charge in [0.2, 0.25) is 0 Å². The van der Waals surface area contributed by atoms with Crippen molar-refractivity contribution in [1.29, 1.82) is 0 Å². The van der Waals surface area contributed by atoms with E-state index >= 15 is 0 Å². The monoisotopic (exact) mass is 233 g/mol. The maximum Gasteiger partial charge on any atom is 0.153 e. The minimum atomic E-state index is 0.626. The number of hydrogen-bond acceptors (Lipinski definition) is 3. The molecule has 1 aromatic carbocycles. The van der Waals surface area contributed by atoms with Crippen molar-refractivity contribution in [2.24, 2.45) is 0 Å². The zero-order valence-corrected chi connectivity index (χ0v) is 9.62. The molecule has 3 N–H and O–H groups in total. The number of anilines is 3. The molecule has 0 saturated heterocycles. The molecule has 0 aliphatic carbocycles. The minimum absolute atomic E-state index is 0.626. The van der Waals surface area contributed by atoms with E-state index in [0.29, 0.717) is 16.5 Å². The fourth-order valence-electron chi connectivity index (χ4n) is 1.34. The highest BCUT2D eigenvalue weighted by Crippen LogP contribution is 2.22. The Hall–Kier alpha value is -1.74. The van der Waals surface area contributed by atoms with E-state index in [1.54, 1.807) is 0 Å². The fraction of sp³-hybridized carbons (Fsp3) is 0.0833. The average molecular weight is 234 g/mol. The van der Waals surface area contributed by atoms with Crippen molar-refractivity contribution in [3.63, 3.8) is 0 Å². The van der Waals surface area contributed by atoms with Crippen LogP contribution in [0.5, 0.6) is 0 Å². The molecular weight excluding hydrogens is 222 g/mol. The minimum Gasteiger partial charge on any atom is -0.396 e. The van der Waals surface area contributed by atoms with Gasteiger partial charge in [-0.2, -0.15) is 0 Å². The van der Waals surface area contributed by atoms with Gasteiger partial charge in [-0.1, -0.05) is 11.6 Å². The van der Waals surface area contributed by atoms with Crippen LogP contribution in [0.1, 0.15) is 5.69 Å². The maximum atomic E-state index is 5.82. The van der Waals surface area contributed by atoms with Crippen LogP contribution in [0.3, 0.4) is 0 Å². The summed E-state index contributed by atoms with van der Waals surface area (Å²) in [5, 5.41) is 3.85. The second-order valence-electron chi connectivity index (χ2n) is 3.52. The maximum absolute atomic E-state index is 5.82. The first kappa shape index (κ1) is 10.8. The lowest BCUT2D eigenvalue weighted by Crippen LogP contribution is -1.99. The molecule has 2 aromatic rings. The molecule has 16 heavy (non-hydrogen) atoms. The summed E-state index contributed by atoms with van der Waals surface area (Å²) in [7, 11) is 0. The van der Waals surface area contributed by atoms with Gasteiger partial charge >= 0.3 is 0 Å². The number of nitrogens with one attached hydrogen (secondary N) is 1. The smallest absolute Gasteiger partial charge is 0.153 e. The van der Waals surface area contributed by atoms with Crippen LogP contribution in [-0.4, -0.2) is 4.98 Å². The molecule has 0 fully saturated rings. The van der Waals surface area contributed by atoms with Crippen molar-refractivity contribution in [3.05, 3.63) is 47.1 Å². The molecule has 0 amide bonds. The van der Waals surface area contributed by atoms with Crippen LogP contribution in [0, 0.1) is 6.92 Å². The molecule has 0 radical (unpaired) electrons. The number of pyridine rings is 1. The molecule has 0 unspecified atom stereocenters. The molecule has 3 nitrogen and oxygen atoms in total. The van der Waals surface area contributed by atoms with Crippen molar-refractivity contribution in [3.8, 4) is 0 Å². The number of aryl methyl sites for hydroxylation is 1. The molecule has 0 aliphatic heterocycles. The van der Waals surface area contributed by atoms with Crippen LogP contribution in [0.2, 0.25) is 5.02 Å². The third-order valence-corrected chi connectivity index (χ3v) is 2.42. The van der Waals surface area contributed by atoms with E-state index in [4.69, 9.17) is 17.3 Å². The second kappa shape index (κ2) is 4.41. The molecule has 0 aliphatic rings. The lowest BCUT2D eigenvalue weighted by molar-refractivity contribution is 1.20. The van der Waals surface area contributed by atoms with Gasteiger partial charge in [0.15, 0.2) is 5.82 Å². The van der Waals surface area contributed by atoms with E-state index in [0.717, 1.165) is 11.4 Å². The van der Waals surface area contributed by atoms with Crippen LogP contribution >= 0.6 is 11.6 Å². The van der Waals surface area contributed by atoms with Crippen LogP contribution in [-0.2, 0) is 0 Å². The van der Waals surface area contributed by atoms with Gasteiger partial charge in [0.1, 0.15) is 0 Å². The summed E-state index contributed by atoms with van der Waals surface area (Å²) in [6.07, 6.45) is 0. The molecule has 0 spiro atoms. The summed E-state index contributed by atoms with van der Waals surface area (Å²) in [5.41, 5.74) is 8.27. The van der Waals surface area contributed by atoms with Gasteiger partial charge in [0, 0.05) is 16.4 Å². The van der Waals surface area contributed by atoms with Crippen LogP contribution in [0.4, 0.5) is 17.2 Å². The van der Waals surface area contributed by atoms with Crippen LogP contribution < -0.4 is 11.1 Å². The molecular formula is C12H12ClN3. The summed E-state index contributed by atoms with van der Waals surface area (Å²) in [4.78, 5) is 4.32. The van der Waals surface area contributed by atoms with Gasteiger partial charge < -0.3 is 11.1 Å². The summed E-state index contributed by atoms with van der Waals surface area (Å²) in [6, 6.07) is 11.1. The molecule has 4 heteroatoms. The topological polar surface area (TPSA) is 50.9 Å². The van der Waals surface area contributed by atoms with Crippen molar-refractivity contribution >= 4 is 28.8 Å². The van der Waals surface area contributed by atoms with E-state index in [-0.39, 0.29) is 0 Å². The molecule has 1 aromatic heterocycles. The molecule has 2 rings (SSSR count). The summed E-state index contributed by atoms with van der Waals surface area (Å²) in [5.74, 6) is 0.669. The van der Waals surface area contributed by atoms with Crippen LogP contribution in [0.25, 0.3) is 0 Å².